The Morgan fingerprint density at radius 3 is 2.40 bits per heavy atom. The molecule has 0 fully saturated rings. The number of allylic oxidation sites excluding steroid dienone is 1. The molecule has 2 heteroatoms. The summed E-state index contributed by atoms with van der Waals surface area (Å²) in [6, 6.07) is 6.57. The Bertz CT molecular complexity index is 462. The number of aromatic nitrogens is 1. The fourth-order valence-electron chi connectivity index (χ4n) is 2.42. The number of hydrogen-bond acceptors (Lipinski definition) is 2. The van der Waals surface area contributed by atoms with Crippen molar-refractivity contribution in [3.8, 4) is 0 Å². The van der Waals surface area contributed by atoms with Crippen molar-refractivity contribution >= 4 is 11.3 Å². The molecule has 0 aliphatic carbocycles. The van der Waals surface area contributed by atoms with Crippen LogP contribution in [0.15, 0.2) is 31.4 Å². The normalized spacial score (nSPS) is 12.0. The summed E-state index contributed by atoms with van der Waals surface area (Å²) in [6.45, 7) is 18.0. The SMILES string of the molecule is C=C(C)c1cccc(C(=C)N(CCC)C(C)CCC)n1. The van der Waals surface area contributed by atoms with Crippen molar-refractivity contribution in [1.29, 1.82) is 0 Å². The van der Waals surface area contributed by atoms with E-state index in [1.807, 2.05) is 25.1 Å². The van der Waals surface area contributed by atoms with Crippen molar-refractivity contribution in [2.24, 2.45) is 0 Å². The van der Waals surface area contributed by atoms with Crippen LogP contribution < -0.4 is 0 Å². The predicted octanol–water partition coefficient (Wildman–Crippen LogP) is 4.99. The zero-order valence-electron chi connectivity index (χ0n) is 13.4. The molecule has 20 heavy (non-hydrogen) atoms. The molecular weight excluding hydrogens is 244 g/mol. The van der Waals surface area contributed by atoms with Gasteiger partial charge in [-0.3, -0.25) is 0 Å². The van der Waals surface area contributed by atoms with Crippen LogP contribution in [-0.4, -0.2) is 22.5 Å². The van der Waals surface area contributed by atoms with Gasteiger partial charge >= 0.3 is 0 Å². The van der Waals surface area contributed by atoms with Gasteiger partial charge in [0.2, 0.25) is 0 Å². The Labute approximate surface area is 124 Å². The first kappa shape index (κ1) is 16.5. The molecule has 1 unspecified atom stereocenters. The first-order valence-electron chi connectivity index (χ1n) is 7.60. The summed E-state index contributed by atoms with van der Waals surface area (Å²) in [6.07, 6.45) is 3.49. The molecule has 2 nitrogen and oxygen atoms in total. The van der Waals surface area contributed by atoms with E-state index in [-0.39, 0.29) is 0 Å². The number of nitrogens with zero attached hydrogens (tertiary/aromatic N) is 2. The quantitative estimate of drug-likeness (QED) is 0.663. The van der Waals surface area contributed by atoms with Gasteiger partial charge < -0.3 is 4.90 Å². The third kappa shape index (κ3) is 4.22. The molecule has 0 N–H and O–H groups in total. The van der Waals surface area contributed by atoms with Crippen LogP contribution in [0.1, 0.15) is 58.3 Å². The molecule has 110 valence electrons. The molecule has 1 aromatic rings. The average molecular weight is 272 g/mol. The van der Waals surface area contributed by atoms with Gasteiger partial charge in [0, 0.05) is 12.6 Å². The molecule has 0 aliphatic rings. The fraction of sp³-hybridized carbons (Fsp3) is 0.500. The van der Waals surface area contributed by atoms with Gasteiger partial charge in [-0.05, 0) is 44.4 Å². The van der Waals surface area contributed by atoms with Crippen LogP contribution in [0.4, 0.5) is 0 Å². The maximum Gasteiger partial charge on any atom is 0.0864 e. The molecule has 0 amide bonds. The minimum absolute atomic E-state index is 0.503. The maximum atomic E-state index is 4.68. The lowest BCUT2D eigenvalue weighted by atomic mass is 10.1. The van der Waals surface area contributed by atoms with Crippen LogP contribution in [-0.2, 0) is 0 Å². The van der Waals surface area contributed by atoms with Crippen LogP contribution in [0, 0.1) is 0 Å². The number of hydrogen-bond donors (Lipinski definition) is 0. The molecule has 1 atom stereocenters. The van der Waals surface area contributed by atoms with Crippen LogP contribution in [0.25, 0.3) is 11.3 Å². The Morgan fingerprint density at radius 1 is 1.20 bits per heavy atom. The summed E-state index contributed by atoms with van der Waals surface area (Å²) in [5, 5.41) is 0. The van der Waals surface area contributed by atoms with Crippen LogP contribution in [0.2, 0.25) is 0 Å². The molecule has 0 saturated heterocycles. The molecule has 0 radical (unpaired) electrons. The zero-order chi connectivity index (χ0) is 15.1. The highest BCUT2D eigenvalue weighted by atomic mass is 15.2. The average Bonchev–Trinajstić information content (AvgIpc) is 2.44. The zero-order valence-corrected chi connectivity index (χ0v) is 13.4. The van der Waals surface area contributed by atoms with Crippen LogP contribution >= 0.6 is 0 Å². The van der Waals surface area contributed by atoms with E-state index in [1.165, 1.54) is 12.8 Å². The van der Waals surface area contributed by atoms with E-state index in [2.05, 4.69) is 43.8 Å². The van der Waals surface area contributed by atoms with Crippen molar-refractivity contribution in [3.63, 3.8) is 0 Å². The summed E-state index contributed by atoms with van der Waals surface area (Å²) < 4.78 is 0. The van der Waals surface area contributed by atoms with Gasteiger partial charge in [-0.25, -0.2) is 4.98 Å². The van der Waals surface area contributed by atoms with Gasteiger partial charge in [0.1, 0.15) is 0 Å². The third-order valence-corrected chi connectivity index (χ3v) is 3.53. The van der Waals surface area contributed by atoms with E-state index in [0.717, 1.165) is 35.6 Å². The molecule has 1 heterocycles. The summed E-state index contributed by atoms with van der Waals surface area (Å²) in [7, 11) is 0. The highest BCUT2D eigenvalue weighted by Gasteiger charge is 2.16. The van der Waals surface area contributed by atoms with E-state index in [4.69, 9.17) is 0 Å². The molecule has 0 bridgehead atoms. The van der Waals surface area contributed by atoms with Crippen molar-refractivity contribution < 1.29 is 0 Å². The Morgan fingerprint density at radius 2 is 1.85 bits per heavy atom. The Balaban J connectivity index is 2.99. The Kier molecular flexibility index (Phi) is 6.50. The topological polar surface area (TPSA) is 16.1 Å². The fourth-order valence-corrected chi connectivity index (χ4v) is 2.42. The maximum absolute atomic E-state index is 4.68. The summed E-state index contributed by atoms with van der Waals surface area (Å²) in [5.41, 5.74) is 3.92. The second-order valence-corrected chi connectivity index (χ2v) is 5.47. The highest BCUT2D eigenvalue weighted by molar-refractivity contribution is 5.63. The molecule has 0 spiro atoms. The van der Waals surface area contributed by atoms with E-state index in [9.17, 15) is 0 Å². The Hall–Kier alpha value is -1.57. The molecular formula is C18H28N2. The van der Waals surface area contributed by atoms with Crippen molar-refractivity contribution in [1.82, 2.24) is 9.88 Å². The van der Waals surface area contributed by atoms with Gasteiger partial charge in [-0.1, -0.05) is 39.5 Å². The second kappa shape index (κ2) is 7.88. The van der Waals surface area contributed by atoms with Gasteiger partial charge in [-0.2, -0.15) is 0 Å². The lowest BCUT2D eigenvalue weighted by Gasteiger charge is -2.32. The summed E-state index contributed by atoms with van der Waals surface area (Å²) >= 11 is 0. The predicted molar refractivity (Wildman–Crippen MR) is 89.3 cm³/mol. The molecule has 1 rings (SSSR count). The first-order valence-corrected chi connectivity index (χ1v) is 7.60. The smallest absolute Gasteiger partial charge is 0.0864 e. The van der Waals surface area contributed by atoms with Gasteiger partial charge in [0.05, 0.1) is 17.1 Å². The van der Waals surface area contributed by atoms with Crippen molar-refractivity contribution in [2.75, 3.05) is 6.54 Å². The van der Waals surface area contributed by atoms with E-state index in [1.54, 1.807) is 0 Å². The third-order valence-electron chi connectivity index (χ3n) is 3.53. The minimum atomic E-state index is 0.503. The van der Waals surface area contributed by atoms with Crippen molar-refractivity contribution in [3.05, 3.63) is 42.7 Å². The van der Waals surface area contributed by atoms with Crippen molar-refractivity contribution in [2.45, 2.75) is 53.0 Å². The lowest BCUT2D eigenvalue weighted by molar-refractivity contribution is 0.295. The van der Waals surface area contributed by atoms with Crippen LogP contribution in [0.3, 0.4) is 0 Å². The molecule has 1 aromatic heterocycles. The lowest BCUT2D eigenvalue weighted by Crippen LogP contribution is -2.32. The number of rotatable bonds is 8. The largest absolute Gasteiger partial charge is 0.368 e. The first-order chi connectivity index (χ1) is 9.51. The van der Waals surface area contributed by atoms with E-state index in [0.29, 0.717) is 6.04 Å². The summed E-state index contributed by atoms with van der Waals surface area (Å²) in [4.78, 5) is 7.06. The standard InChI is InChI=1S/C18H28N2/c1-7-10-15(5)20(13-8-2)16(6)18-12-9-11-17(19-18)14(3)4/h9,11-12,15H,3,6-8,10,13H2,1-2,4-5H3. The van der Waals surface area contributed by atoms with Gasteiger partial charge in [-0.15, -0.1) is 0 Å². The van der Waals surface area contributed by atoms with E-state index < -0.39 is 0 Å². The van der Waals surface area contributed by atoms with Gasteiger partial charge in [0.25, 0.3) is 0 Å². The van der Waals surface area contributed by atoms with Gasteiger partial charge in [0.15, 0.2) is 0 Å². The molecule has 0 aliphatic heterocycles. The molecule has 0 saturated carbocycles. The highest BCUT2D eigenvalue weighted by Crippen LogP contribution is 2.22. The number of pyridine rings is 1. The van der Waals surface area contributed by atoms with E-state index >= 15 is 0 Å². The minimum Gasteiger partial charge on any atom is -0.368 e. The second-order valence-electron chi connectivity index (χ2n) is 5.47. The summed E-state index contributed by atoms with van der Waals surface area (Å²) in [5.74, 6) is 0. The monoisotopic (exact) mass is 272 g/mol. The molecule has 0 aromatic carbocycles. The van der Waals surface area contributed by atoms with Crippen LogP contribution in [0.5, 0.6) is 0 Å².